The first-order chi connectivity index (χ1) is 27.5. The van der Waals surface area contributed by atoms with Gasteiger partial charge in [0.05, 0.1) is 46.3 Å². The molecule has 13 nitrogen and oxygen atoms in total. The molecule has 0 aromatic heterocycles. The van der Waals surface area contributed by atoms with Crippen LogP contribution >= 0.6 is 0 Å². The highest BCUT2D eigenvalue weighted by Gasteiger charge is 2.80. The first-order valence-electron chi connectivity index (χ1n) is 19.3. The lowest BCUT2D eigenvalue weighted by Gasteiger charge is -2.65. The summed E-state index contributed by atoms with van der Waals surface area (Å²) in [5.41, 5.74) is -6.30. The molecule has 0 radical (unpaired) electrons. The topological polar surface area (TPSA) is 181 Å². The Bertz CT molecular complexity index is 2110. The third-order valence-corrected chi connectivity index (χ3v) is 12.7. The summed E-state index contributed by atoms with van der Waals surface area (Å²) < 4.78 is 38.0. The second-order valence-electron chi connectivity index (χ2n) is 16.4. The summed E-state index contributed by atoms with van der Waals surface area (Å²) >= 11 is 0. The van der Waals surface area contributed by atoms with E-state index in [-0.39, 0.29) is 41.7 Å². The van der Waals surface area contributed by atoms with Gasteiger partial charge in [0.25, 0.3) is 0 Å². The molecule has 0 amide bonds. The van der Waals surface area contributed by atoms with Gasteiger partial charge in [-0.3, -0.25) is 9.59 Å². The molecule has 1 aliphatic heterocycles. The van der Waals surface area contributed by atoms with Crippen molar-refractivity contribution in [2.45, 2.75) is 102 Å². The van der Waals surface area contributed by atoms with Crippen LogP contribution in [-0.2, 0) is 38.0 Å². The van der Waals surface area contributed by atoms with E-state index in [1.807, 2.05) is 0 Å². The van der Waals surface area contributed by atoms with Gasteiger partial charge in [-0.1, -0.05) is 61.5 Å². The van der Waals surface area contributed by atoms with Crippen molar-refractivity contribution in [2.24, 2.45) is 16.7 Å². The van der Waals surface area contributed by atoms with Gasteiger partial charge >= 0.3 is 29.8 Å². The zero-order chi connectivity index (χ0) is 41.8. The van der Waals surface area contributed by atoms with Gasteiger partial charge in [0.1, 0.15) is 18.3 Å². The lowest BCUT2D eigenvalue weighted by molar-refractivity contribution is -0.350. The second-order valence-corrected chi connectivity index (χ2v) is 16.4. The Labute approximate surface area is 336 Å². The minimum atomic E-state index is -1.93. The van der Waals surface area contributed by atoms with E-state index >= 15 is 0 Å². The Morgan fingerprint density at radius 1 is 0.724 bits per heavy atom. The van der Waals surface area contributed by atoms with Crippen LogP contribution < -0.4 is 0 Å². The Hall–Kier alpha value is -5.37. The Morgan fingerprint density at radius 3 is 1.64 bits per heavy atom. The van der Waals surface area contributed by atoms with E-state index in [4.69, 9.17) is 28.4 Å². The van der Waals surface area contributed by atoms with Crippen molar-refractivity contribution in [3.8, 4) is 0 Å². The van der Waals surface area contributed by atoms with Crippen LogP contribution in [-0.4, -0.2) is 94.5 Å². The smallest absolute Gasteiger partial charge is 0.338 e. The number of carbonyl (C=O) groups excluding carboxylic acids is 5. The minimum Gasteiger partial charge on any atom is -0.458 e. The summed E-state index contributed by atoms with van der Waals surface area (Å²) in [6.45, 7) is 8.50. The largest absolute Gasteiger partial charge is 0.458 e. The van der Waals surface area contributed by atoms with Crippen LogP contribution in [0.3, 0.4) is 0 Å². The van der Waals surface area contributed by atoms with Crippen LogP contribution in [0, 0.1) is 16.7 Å². The van der Waals surface area contributed by atoms with E-state index in [9.17, 15) is 34.2 Å². The molecule has 58 heavy (non-hydrogen) atoms. The number of ether oxygens (including phenoxy) is 6. The molecule has 1 saturated heterocycles. The summed E-state index contributed by atoms with van der Waals surface area (Å²) in [5, 5.41) is 25.4. The Balaban J connectivity index is 1.59. The predicted octanol–water partition coefficient (Wildman–Crippen LogP) is 5.17. The van der Waals surface area contributed by atoms with Crippen molar-refractivity contribution >= 4 is 29.8 Å². The molecule has 7 rings (SSSR count). The van der Waals surface area contributed by atoms with Crippen molar-refractivity contribution < 1.29 is 62.6 Å². The number of esters is 5. The quantitative estimate of drug-likeness (QED) is 0.165. The van der Waals surface area contributed by atoms with Crippen molar-refractivity contribution in [1.29, 1.82) is 0 Å². The van der Waals surface area contributed by atoms with Gasteiger partial charge in [-0.05, 0) is 68.3 Å². The van der Waals surface area contributed by atoms with Crippen LogP contribution in [0.5, 0.6) is 0 Å². The van der Waals surface area contributed by atoms with Gasteiger partial charge < -0.3 is 38.6 Å². The van der Waals surface area contributed by atoms with E-state index in [0.29, 0.717) is 5.57 Å². The standard InChI is InChI=1S/C45H48O13/c1-25-31(54-26(2)46)23-44(42(4,5)52)34(25)35(55-39(49)28-16-10-7-11-17-28)37(56-40(50)29-18-12-8-13-19-29)43(6)32(48)22-33-45(24-53-33,58-27(3)47)36(43)38(44)57-41(51)30-20-14-9-15-21-30/h7-21,31-33,35-38,48,52H,22-24H2,1-6H3/t31-,32-,33+,35+,36?,37-,38-,43+,44-,45-/m0/s1. The Kier molecular flexibility index (Phi) is 10.6. The fourth-order valence-corrected chi connectivity index (χ4v) is 10.1. The van der Waals surface area contributed by atoms with Gasteiger partial charge in [-0.2, -0.15) is 0 Å². The van der Waals surface area contributed by atoms with Crippen molar-refractivity contribution in [3.63, 3.8) is 0 Å². The van der Waals surface area contributed by atoms with Gasteiger partial charge in [0.2, 0.25) is 0 Å². The predicted molar refractivity (Wildman–Crippen MR) is 205 cm³/mol. The number of carbonyl (C=O) groups is 5. The molecular weight excluding hydrogens is 748 g/mol. The summed E-state index contributed by atoms with van der Waals surface area (Å²) in [6, 6.07) is 24.3. The van der Waals surface area contributed by atoms with Gasteiger partial charge in [-0.25, -0.2) is 14.4 Å². The fraction of sp³-hybridized carbons (Fsp3) is 0.444. The van der Waals surface area contributed by atoms with Gasteiger partial charge in [0.15, 0.2) is 17.8 Å². The molecule has 13 heteroatoms. The highest BCUT2D eigenvalue weighted by Crippen LogP contribution is 2.69. The molecule has 306 valence electrons. The van der Waals surface area contributed by atoms with Crippen LogP contribution in [0.1, 0.15) is 85.5 Å². The molecule has 3 aliphatic carbocycles. The van der Waals surface area contributed by atoms with Crippen LogP contribution in [0.25, 0.3) is 0 Å². The number of fused-ring (bicyclic) bond motifs is 4. The summed E-state index contributed by atoms with van der Waals surface area (Å²) in [5.74, 6) is -5.19. The third kappa shape index (κ3) is 6.58. The second kappa shape index (κ2) is 15.1. The van der Waals surface area contributed by atoms with Gasteiger partial charge in [-0.15, -0.1) is 0 Å². The highest BCUT2D eigenvalue weighted by molar-refractivity contribution is 5.91. The molecule has 3 fully saturated rings. The Morgan fingerprint density at radius 2 is 1.21 bits per heavy atom. The molecule has 3 aromatic rings. The van der Waals surface area contributed by atoms with E-state index in [1.54, 1.807) is 105 Å². The zero-order valence-electron chi connectivity index (χ0n) is 33.2. The molecule has 1 unspecified atom stereocenters. The van der Waals surface area contributed by atoms with E-state index in [1.165, 1.54) is 27.7 Å². The average Bonchev–Trinajstić information content (AvgIpc) is 3.44. The SMILES string of the molecule is CC(=O)O[C@H]1C[C@]2(C(C)(C)O)C(=C1C)[C@@H](OC(=O)c1ccccc1)[C@H](OC(=O)c1ccccc1)[C@@]1(C)C([C@@H]2OC(=O)c2ccccc2)[C@]2(OC(C)=O)CO[C@@H]2C[C@@H]1O. The first-order valence-corrected chi connectivity index (χ1v) is 19.3. The highest BCUT2D eigenvalue weighted by atomic mass is 16.6. The normalized spacial score (nSPS) is 32.5. The lowest BCUT2D eigenvalue weighted by Crippen LogP contribution is -2.79. The van der Waals surface area contributed by atoms with Crippen molar-refractivity contribution in [1.82, 2.24) is 0 Å². The first kappa shape index (κ1) is 40.8. The number of aliphatic hydroxyl groups is 2. The monoisotopic (exact) mass is 796 g/mol. The molecule has 3 aromatic carbocycles. The minimum absolute atomic E-state index is 0.123. The van der Waals surface area contributed by atoms with E-state index in [2.05, 4.69) is 0 Å². The van der Waals surface area contributed by atoms with Crippen LogP contribution in [0.15, 0.2) is 102 Å². The summed E-state index contributed by atoms with van der Waals surface area (Å²) in [7, 11) is 0. The van der Waals surface area contributed by atoms with Crippen molar-refractivity contribution in [2.75, 3.05) is 6.61 Å². The molecule has 1 heterocycles. The lowest BCUT2D eigenvalue weighted by atomic mass is 9.49. The molecule has 10 atom stereocenters. The van der Waals surface area contributed by atoms with Crippen LogP contribution in [0.4, 0.5) is 0 Å². The third-order valence-electron chi connectivity index (χ3n) is 12.7. The molecule has 0 spiro atoms. The molecule has 2 saturated carbocycles. The summed E-state index contributed by atoms with van der Waals surface area (Å²) in [6.07, 6.45) is -8.60. The number of rotatable bonds is 9. The number of hydrogen-bond donors (Lipinski definition) is 2. The maximum absolute atomic E-state index is 14.5. The summed E-state index contributed by atoms with van der Waals surface area (Å²) in [4.78, 5) is 69.3. The zero-order valence-corrected chi connectivity index (χ0v) is 33.2. The van der Waals surface area contributed by atoms with Crippen molar-refractivity contribution in [3.05, 3.63) is 119 Å². The fourth-order valence-electron chi connectivity index (χ4n) is 10.1. The maximum atomic E-state index is 14.5. The van der Waals surface area contributed by atoms with E-state index in [0.717, 1.165) is 0 Å². The maximum Gasteiger partial charge on any atom is 0.338 e. The molecule has 0 bridgehead atoms. The molecule has 4 aliphatic rings. The number of benzene rings is 3. The van der Waals surface area contributed by atoms with E-state index < -0.39 is 94.4 Å². The molecular formula is C45H48O13. The number of hydrogen-bond acceptors (Lipinski definition) is 13. The van der Waals surface area contributed by atoms with Gasteiger partial charge in [0, 0.05) is 32.1 Å². The number of aliphatic hydroxyl groups excluding tert-OH is 1. The molecule has 2 N–H and O–H groups in total. The average molecular weight is 797 g/mol. The van der Waals surface area contributed by atoms with Crippen LogP contribution in [0.2, 0.25) is 0 Å².